The number of fused-ring (bicyclic) bond motifs is 1. The summed E-state index contributed by atoms with van der Waals surface area (Å²) in [5.41, 5.74) is 2.53. The van der Waals surface area contributed by atoms with E-state index in [9.17, 15) is 4.79 Å². The van der Waals surface area contributed by atoms with Crippen LogP contribution >= 0.6 is 0 Å². The minimum atomic E-state index is -0.0497. The molecule has 7 nitrogen and oxygen atoms in total. The zero-order valence-corrected chi connectivity index (χ0v) is 15.9. The molecule has 4 rings (SSSR count). The molecule has 0 bridgehead atoms. The van der Waals surface area contributed by atoms with Crippen molar-refractivity contribution in [1.82, 2.24) is 14.9 Å². The van der Waals surface area contributed by atoms with Crippen molar-refractivity contribution in [2.45, 2.75) is 31.8 Å². The van der Waals surface area contributed by atoms with Gasteiger partial charge in [0.1, 0.15) is 0 Å². The highest BCUT2D eigenvalue weighted by Gasteiger charge is 2.19. The maximum absolute atomic E-state index is 12.5. The minimum absolute atomic E-state index is 0.0497. The Labute approximate surface area is 159 Å². The van der Waals surface area contributed by atoms with E-state index in [0.717, 1.165) is 69.2 Å². The summed E-state index contributed by atoms with van der Waals surface area (Å²) in [4.78, 5) is 19.5. The fourth-order valence-electron chi connectivity index (χ4n) is 3.86. The number of nitrogens with one attached hydrogen (secondary N) is 1. The van der Waals surface area contributed by atoms with Crippen LogP contribution in [0.3, 0.4) is 0 Å². The predicted molar refractivity (Wildman–Crippen MR) is 104 cm³/mol. The third kappa shape index (κ3) is 4.09. The van der Waals surface area contributed by atoms with E-state index >= 15 is 0 Å². The Bertz CT molecular complexity index is 792. The van der Waals surface area contributed by atoms with Crippen LogP contribution in [-0.2, 0) is 16.5 Å². The summed E-state index contributed by atoms with van der Waals surface area (Å²) in [6, 6.07) is 5.73. The van der Waals surface area contributed by atoms with Gasteiger partial charge < -0.3 is 24.3 Å². The summed E-state index contributed by atoms with van der Waals surface area (Å²) >= 11 is 0. The molecule has 3 heterocycles. The van der Waals surface area contributed by atoms with Crippen molar-refractivity contribution in [3.63, 3.8) is 0 Å². The summed E-state index contributed by atoms with van der Waals surface area (Å²) in [5.74, 6) is 0.881. The Morgan fingerprint density at radius 1 is 1.26 bits per heavy atom. The van der Waals surface area contributed by atoms with Gasteiger partial charge in [0.2, 0.25) is 5.95 Å². The number of aryl methyl sites for hydroxylation is 1. The number of carbonyl (C=O) groups is 1. The Morgan fingerprint density at radius 3 is 2.89 bits per heavy atom. The number of hydrogen-bond donors (Lipinski definition) is 1. The van der Waals surface area contributed by atoms with Crippen molar-refractivity contribution in [3.05, 3.63) is 23.8 Å². The maximum atomic E-state index is 12.5. The zero-order valence-electron chi connectivity index (χ0n) is 15.9. The lowest BCUT2D eigenvalue weighted by Crippen LogP contribution is -2.37. The van der Waals surface area contributed by atoms with Crippen LogP contribution < -0.4 is 10.2 Å². The Morgan fingerprint density at radius 2 is 2.11 bits per heavy atom. The molecule has 2 aromatic rings. The van der Waals surface area contributed by atoms with Crippen LogP contribution in [0.1, 0.15) is 36.0 Å². The number of morpholine rings is 1. The number of anilines is 1. The maximum Gasteiger partial charge on any atom is 0.251 e. The second-order valence-electron chi connectivity index (χ2n) is 7.31. The highest BCUT2D eigenvalue weighted by molar-refractivity contribution is 5.97. The Hall–Kier alpha value is -2.12. The smallest absolute Gasteiger partial charge is 0.251 e. The number of ether oxygens (including phenoxy) is 2. The number of carbonyl (C=O) groups excluding carboxylic acids is 1. The molecule has 0 radical (unpaired) electrons. The molecular weight excluding hydrogens is 344 g/mol. The van der Waals surface area contributed by atoms with E-state index in [1.165, 1.54) is 6.42 Å². The van der Waals surface area contributed by atoms with E-state index < -0.39 is 0 Å². The van der Waals surface area contributed by atoms with E-state index in [-0.39, 0.29) is 12.0 Å². The highest BCUT2D eigenvalue weighted by atomic mass is 16.5. The average Bonchev–Trinajstić information content (AvgIpc) is 3.05. The van der Waals surface area contributed by atoms with Crippen LogP contribution in [0.25, 0.3) is 11.0 Å². The number of hydrogen-bond acceptors (Lipinski definition) is 5. The molecular formula is C20H28N4O3. The summed E-state index contributed by atoms with van der Waals surface area (Å²) in [6.07, 6.45) is 4.63. The molecule has 1 N–H and O–H groups in total. The summed E-state index contributed by atoms with van der Waals surface area (Å²) in [7, 11) is 2.02. The Kier molecular flexibility index (Phi) is 5.59. The molecule has 0 aliphatic carbocycles. The summed E-state index contributed by atoms with van der Waals surface area (Å²) in [5, 5.41) is 3.02. The first-order chi connectivity index (χ1) is 13.2. The van der Waals surface area contributed by atoms with Crippen molar-refractivity contribution >= 4 is 22.9 Å². The van der Waals surface area contributed by atoms with Crippen LogP contribution in [0.15, 0.2) is 18.2 Å². The molecule has 2 aliphatic rings. The first-order valence-corrected chi connectivity index (χ1v) is 9.91. The number of aromatic nitrogens is 2. The largest absolute Gasteiger partial charge is 0.378 e. The van der Waals surface area contributed by atoms with Gasteiger partial charge in [-0.2, -0.15) is 0 Å². The van der Waals surface area contributed by atoms with Crippen LogP contribution in [0.4, 0.5) is 5.95 Å². The number of imidazole rings is 1. The van der Waals surface area contributed by atoms with Gasteiger partial charge in [-0.3, -0.25) is 4.79 Å². The van der Waals surface area contributed by atoms with Gasteiger partial charge in [-0.15, -0.1) is 0 Å². The molecule has 27 heavy (non-hydrogen) atoms. The molecule has 146 valence electrons. The standard InChI is InChI=1S/C20H28N4O3/c1-23-18-6-5-15(19(25)21-8-7-16-4-2-3-11-27-16)14-17(18)22-20(23)24-9-12-26-13-10-24/h5-6,14,16H,2-4,7-13H2,1H3,(H,21,25). The molecule has 7 heteroatoms. The van der Waals surface area contributed by atoms with Gasteiger partial charge in [0.15, 0.2) is 0 Å². The van der Waals surface area contributed by atoms with Gasteiger partial charge in [0, 0.05) is 38.9 Å². The molecule has 1 aromatic heterocycles. The predicted octanol–water partition coefficient (Wildman–Crippen LogP) is 2.10. The molecule has 1 amide bonds. The van der Waals surface area contributed by atoms with E-state index in [0.29, 0.717) is 12.1 Å². The number of benzene rings is 1. The van der Waals surface area contributed by atoms with Gasteiger partial charge >= 0.3 is 0 Å². The number of rotatable bonds is 5. The average molecular weight is 372 g/mol. The molecule has 2 fully saturated rings. The molecule has 2 saturated heterocycles. The lowest BCUT2D eigenvalue weighted by Gasteiger charge is -2.27. The van der Waals surface area contributed by atoms with Crippen molar-refractivity contribution in [2.24, 2.45) is 7.05 Å². The first-order valence-electron chi connectivity index (χ1n) is 9.91. The summed E-state index contributed by atoms with van der Waals surface area (Å²) < 4.78 is 13.2. The number of amides is 1. The third-order valence-electron chi connectivity index (χ3n) is 5.44. The molecule has 1 atom stereocenters. The van der Waals surface area contributed by atoms with Crippen molar-refractivity contribution in [2.75, 3.05) is 44.4 Å². The summed E-state index contributed by atoms with van der Waals surface area (Å²) in [6.45, 7) is 4.62. The van der Waals surface area contributed by atoms with E-state index in [2.05, 4.69) is 14.8 Å². The SMILES string of the molecule is Cn1c(N2CCOCC2)nc2cc(C(=O)NCCC3CCCCO3)ccc21. The molecule has 1 unspecified atom stereocenters. The van der Waals surface area contributed by atoms with E-state index in [1.54, 1.807) is 0 Å². The van der Waals surface area contributed by atoms with Gasteiger partial charge in [0.25, 0.3) is 5.91 Å². The van der Waals surface area contributed by atoms with Crippen LogP contribution in [0, 0.1) is 0 Å². The van der Waals surface area contributed by atoms with Crippen LogP contribution in [0.2, 0.25) is 0 Å². The van der Waals surface area contributed by atoms with Crippen molar-refractivity contribution in [3.8, 4) is 0 Å². The first kappa shape index (κ1) is 18.3. The zero-order chi connectivity index (χ0) is 18.6. The van der Waals surface area contributed by atoms with E-state index in [4.69, 9.17) is 14.5 Å². The molecule has 2 aliphatic heterocycles. The van der Waals surface area contributed by atoms with Crippen molar-refractivity contribution < 1.29 is 14.3 Å². The minimum Gasteiger partial charge on any atom is -0.378 e. The molecule has 0 saturated carbocycles. The Balaban J connectivity index is 1.42. The van der Waals surface area contributed by atoms with Gasteiger partial charge in [-0.1, -0.05) is 0 Å². The lowest BCUT2D eigenvalue weighted by atomic mass is 10.1. The molecule has 1 aromatic carbocycles. The van der Waals surface area contributed by atoms with Gasteiger partial charge in [-0.25, -0.2) is 4.98 Å². The highest BCUT2D eigenvalue weighted by Crippen LogP contribution is 2.23. The molecule has 0 spiro atoms. The topological polar surface area (TPSA) is 68.6 Å². The van der Waals surface area contributed by atoms with E-state index in [1.807, 2.05) is 25.2 Å². The fraction of sp³-hybridized carbons (Fsp3) is 0.600. The fourth-order valence-corrected chi connectivity index (χ4v) is 3.86. The second-order valence-corrected chi connectivity index (χ2v) is 7.31. The monoisotopic (exact) mass is 372 g/mol. The van der Waals surface area contributed by atoms with Gasteiger partial charge in [0.05, 0.1) is 30.4 Å². The van der Waals surface area contributed by atoms with Crippen LogP contribution in [0.5, 0.6) is 0 Å². The lowest BCUT2D eigenvalue weighted by molar-refractivity contribution is 0.0117. The van der Waals surface area contributed by atoms with Gasteiger partial charge in [-0.05, 0) is 43.9 Å². The quantitative estimate of drug-likeness (QED) is 0.871. The van der Waals surface area contributed by atoms with Crippen molar-refractivity contribution in [1.29, 1.82) is 0 Å². The second kappa shape index (κ2) is 8.27. The normalized spacial score (nSPS) is 20.8. The van der Waals surface area contributed by atoms with Crippen LogP contribution in [-0.4, -0.2) is 61.0 Å². The third-order valence-corrected chi connectivity index (χ3v) is 5.44. The number of nitrogens with zero attached hydrogens (tertiary/aromatic N) is 3.